The first-order valence-electron chi connectivity index (χ1n) is 12.1. The number of carbonyl (C=O) groups excluding carboxylic acids is 1. The maximum absolute atomic E-state index is 13.6. The van der Waals surface area contributed by atoms with Crippen LogP contribution < -0.4 is 0 Å². The average Bonchev–Trinajstić information content (AvgIpc) is 3.11. The number of azo groups is 1. The lowest BCUT2D eigenvalue weighted by molar-refractivity contribution is -0.114. The van der Waals surface area contributed by atoms with Gasteiger partial charge in [0.1, 0.15) is 5.70 Å². The number of hydrogen-bond acceptors (Lipinski definition) is 4. The maximum Gasteiger partial charge on any atom is 0.186 e. The highest BCUT2D eigenvalue weighted by atomic mass is 32.1. The van der Waals surface area contributed by atoms with Gasteiger partial charge in [-0.3, -0.25) is 4.79 Å². The van der Waals surface area contributed by atoms with Gasteiger partial charge in [0.05, 0.1) is 10.6 Å². The molecule has 0 unspecified atom stereocenters. The third-order valence-electron chi connectivity index (χ3n) is 6.37. The second-order valence-corrected chi connectivity index (χ2v) is 12.5. The third-order valence-corrected chi connectivity index (χ3v) is 7.52. The number of fused-ring (bicyclic) bond motifs is 1. The number of aryl methyl sites for hydroxylation is 2. The summed E-state index contributed by atoms with van der Waals surface area (Å²) in [7, 11) is 0. The lowest BCUT2D eigenvalue weighted by Crippen LogP contribution is -2.28. The van der Waals surface area contributed by atoms with E-state index >= 15 is 0 Å². The zero-order valence-corrected chi connectivity index (χ0v) is 22.8. The molecule has 0 atom stereocenters. The fraction of sp³-hybridized carbons (Fsp3) is 0.323. The highest BCUT2D eigenvalue weighted by Crippen LogP contribution is 2.44. The number of carbonyl (C=O) groups is 1. The Kier molecular flexibility index (Phi) is 6.54. The molecular formula is C31H34N2OS. The van der Waals surface area contributed by atoms with Crippen molar-refractivity contribution in [1.82, 2.24) is 0 Å². The van der Waals surface area contributed by atoms with Crippen LogP contribution in [0.15, 0.2) is 87.6 Å². The molecule has 0 amide bonds. The Labute approximate surface area is 213 Å². The van der Waals surface area contributed by atoms with E-state index in [1.165, 1.54) is 10.3 Å². The van der Waals surface area contributed by atoms with Crippen LogP contribution in [-0.4, -0.2) is 5.78 Å². The summed E-state index contributed by atoms with van der Waals surface area (Å²) in [6, 6.07) is 16.5. The van der Waals surface area contributed by atoms with Gasteiger partial charge in [0, 0.05) is 27.0 Å². The quantitative estimate of drug-likeness (QED) is 0.343. The lowest BCUT2D eigenvalue weighted by Gasteiger charge is -2.31. The summed E-state index contributed by atoms with van der Waals surface area (Å²) in [4.78, 5) is 15.9. The molecule has 180 valence electrons. The molecule has 0 bridgehead atoms. The van der Waals surface area contributed by atoms with Crippen molar-refractivity contribution in [1.29, 1.82) is 0 Å². The standard InChI is InChI=1S/C31H34N2OS/c1-19-13-9-12-16-26(19)32-33-27(29-23-15-11-10-14-22(23)20(2)35-29)21-17-24(30(3,4)5)28(34)25(18-21)31(6,7)8/h9-18H,1-8H3. The van der Waals surface area contributed by atoms with E-state index in [1.807, 2.05) is 43.3 Å². The molecule has 0 saturated carbocycles. The predicted octanol–water partition coefficient (Wildman–Crippen LogP) is 9.54. The molecule has 2 aromatic carbocycles. The summed E-state index contributed by atoms with van der Waals surface area (Å²) in [5, 5.41) is 12.0. The van der Waals surface area contributed by atoms with Crippen LogP contribution in [0.5, 0.6) is 0 Å². The van der Waals surface area contributed by atoms with Crippen molar-refractivity contribution in [2.24, 2.45) is 21.1 Å². The van der Waals surface area contributed by atoms with Gasteiger partial charge in [0.15, 0.2) is 5.78 Å². The third kappa shape index (κ3) is 4.99. The van der Waals surface area contributed by atoms with Crippen molar-refractivity contribution >= 4 is 39.3 Å². The molecular weight excluding hydrogens is 448 g/mol. The second-order valence-electron chi connectivity index (χ2n) is 11.3. The van der Waals surface area contributed by atoms with Crippen LogP contribution in [-0.2, 0) is 4.79 Å². The summed E-state index contributed by atoms with van der Waals surface area (Å²) < 4.78 is 0. The van der Waals surface area contributed by atoms with Crippen LogP contribution in [0.25, 0.3) is 16.5 Å². The monoisotopic (exact) mass is 482 g/mol. The molecule has 0 radical (unpaired) electrons. The number of allylic oxidation sites excluding steroid dienone is 5. The molecule has 1 aliphatic carbocycles. The van der Waals surface area contributed by atoms with Crippen LogP contribution in [0.3, 0.4) is 0 Å². The van der Waals surface area contributed by atoms with Gasteiger partial charge >= 0.3 is 0 Å². The SMILES string of the molecule is Cc1ccccc1N=NC(=C1C=C(C(C)(C)C)C(=O)C(C(C)(C)C)=C1)c1sc(C)c2ccccc12. The number of hydrogen-bond donors (Lipinski definition) is 0. The van der Waals surface area contributed by atoms with Crippen molar-refractivity contribution in [3.8, 4) is 0 Å². The molecule has 4 rings (SSSR count). The minimum absolute atomic E-state index is 0.121. The van der Waals surface area contributed by atoms with E-state index in [0.29, 0.717) is 0 Å². The van der Waals surface area contributed by atoms with Crippen LogP contribution in [0.2, 0.25) is 0 Å². The van der Waals surface area contributed by atoms with Crippen LogP contribution >= 0.6 is 11.3 Å². The molecule has 3 aromatic rings. The van der Waals surface area contributed by atoms with E-state index < -0.39 is 0 Å². The fourth-order valence-electron chi connectivity index (χ4n) is 4.32. The van der Waals surface area contributed by atoms with Gasteiger partial charge in [-0.2, -0.15) is 5.11 Å². The Morgan fingerprint density at radius 2 is 1.31 bits per heavy atom. The molecule has 0 fully saturated rings. The Morgan fingerprint density at radius 3 is 1.89 bits per heavy atom. The smallest absolute Gasteiger partial charge is 0.186 e. The first-order chi connectivity index (χ1) is 16.4. The van der Waals surface area contributed by atoms with E-state index in [9.17, 15) is 4.79 Å². The van der Waals surface area contributed by atoms with Crippen LogP contribution in [0.1, 0.15) is 56.9 Å². The molecule has 1 aliphatic rings. The summed E-state index contributed by atoms with van der Waals surface area (Å²) in [5.74, 6) is 0.121. The minimum atomic E-state index is -0.293. The molecule has 35 heavy (non-hydrogen) atoms. The van der Waals surface area contributed by atoms with E-state index in [0.717, 1.165) is 43.9 Å². The number of ketones is 1. The first kappa shape index (κ1) is 25.0. The summed E-state index contributed by atoms with van der Waals surface area (Å²) in [6.07, 6.45) is 4.07. The van der Waals surface area contributed by atoms with Gasteiger partial charge in [-0.15, -0.1) is 16.5 Å². The number of Topliss-reactive ketones (excluding diaryl/α,β-unsaturated/α-hetero) is 1. The molecule has 0 spiro atoms. The minimum Gasteiger partial charge on any atom is -0.289 e. The second kappa shape index (κ2) is 9.16. The van der Waals surface area contributed by atoms with Crippen molar-refractivity contribution in [3.05, 3.63) is 92.7 Å². The summed E-state index contributed by atoms with van der Waals surface area (Å²) in [6.45, 7) is 16.8. The Bertz CT molecular complexity index is 1400. The van der Waals surface area contributed by atoms with Gasteiger partial charge in [-0.1, -0.05) is 84.0 Å². The summed E-state index contributed by atoms with van der Waals surface area (Å²) >= 11 is 1.73. The van der Waals surface area contributed by atoms with E-state index in [4.69, 9.17) is 10.2 Å². The van der Waals surface area contributed by atoms with Gasteiger partial charge in [-0.05, 0) is 53.8 Å². The van der Waals surface area contributed by atoms with Gasteiger partial charge in [0.25, 0.3) is 0 Å². The summed E-state index contributed by atoms with van der Waals surface area (Å²) in [5.41, 5.74) is 4.68. The molecule has 0 aliphatic heterocycles. The number of nitrogens with zero attached hydrogens (tertiary/aromatic N) is 2. The Hall–Kier alpha value is -3.11. The zero-order chi connectivity index (χ0) is 25.5. The Balaban J connectivity index is 2.07. The van der Waals surface area contributed by atoms with Gasteiger partial charge in [-0.25, -0.2) is 0 Å². The highest BCUT2D eigenvalue weighted by Gasteiger charge is 2.35. The molecule has 1 heterocycles. The lowest BCUT2D eigenvalue weighted by atomic mass is 9.71. The molecule has 3 nitrogen and oxygen atoms in total. The topological polar surface area (TPSA) is 41.8 Å². The molecule has 0 saturated heterocycles. The fourth-order valence-corrected chi connectivity index (χ4v) is 5.46. The molecule has 0 N–H and O–H groups in total. The average molecular weight is 483 g/mol. The largest absolute Gasteiger partial charge is 0.289 e. The van der Waals surface area contributed by atoms with E-state index in [2.05, 4.69) is 72.7 Å². The zero-order valence-electron chi connectivity index (χ0n) is 22.0. The predicted molar refractivity (Wildman–Crippen MR) is 149 cm³/mol. The highest BCUT2D eigenvalue weighted by molar-refractivity contribution is 7.14. The molecule has 1 aromatic heterocycles. The normalized spacial score (nSPS) is 15.1. The van der Waals surface area contributed by atoms with Crippen molar-refractivity contribution in [2.45, 2.75) is 55.4 Å². The number of rotatable bonds is 3. The van der Waals surface area contributed by atoms with Crippen LogP contribution in [0.4, 0.5) is 5.69 Å². The number of thiophene rings is 1. The van der Waals surface area contributed by atoms with E-state index in [-0.39, 0.29) is 16.6 Å². The maximum atomic E-state index is 13.6. The van der Waals surface area contributed by atoms with Crippen LogP contribution in [0, 0.1) is 24.7 Å². The van der Waals surface area contributed by atoms with E-state index in [1.54, 1.807) is 11.3 Å². The molecule has 4 heteroatoms. The first-order valence-corrected chi connectivity index (χ1v) is 12.9. The van der Waals surface area contributed by atoms with Gasteiger partial charge in [0.2, 0.25) is 0 Å². The van der Waals surface area contributed by atoms with Crippen molar-refractivity contribution in [2.75, 3.05) is 0 Å². The van der Waals surface area contributed by atoms with Crippen molar-refractivity contribution < 1.29 is 4.79 Å². The number of benzene rings is 2. The van der Waals surface area contributed by atoms with Crippen molar-refractivity contribution in [3.63, 3.8) is 0 Å². The Morgan fingerprint density at radius 1 is 0.771 bits per heavy atom. The van der Waals surface area contributed by atoms with Gasteiger partial charge < -0.3 is 0 Å².